The maximum absolute atomic E-state index is 11.9. The molecule has 1 aliphatic rings. The van der Waals surface area contributed by atoms with E-state index in [-0.39, 0.29) is 5.91 Å². The van der Waals surface area contributed by atoms with Gasteiger partial charge in [-0.25, -0.2) is 0 Å². The van der Waals surface area contributed by atoms with Gasteiger partial charge in [0.05, 0.1) is 6.54 Å². The molecule has 1 amide bonds. The van der Waals surface area contributed by atoms with E-state index in [1.807, 2.05) is 0 Å². The Balaban J connectivity index is 1.71. The van der Waals surface area contributed by atoms with Crippen LogP contribution in [0.15, 0.2) is 24.3 Å². The maximum Gasteiger partial charge on any atom is 0.234 e. The van der Waals surface area contributed by atoms with Crippen LogP contribution in [-0.4, -0.2) is 55.5 Å². The largest absolute Gasteiger partial charge is 0.351 e. The van der Waals surface area contributed by atoms with E-state index in [0.29, 0.717) is 13.1 Å². The number of carbonyl (C=O) groups is 1. The summed E-state index contributed by atoms with van der Waals surface area (Å²) in [5.74, 6) is 0.116. The first-order chi connectivity index (χ1) is 9.13. The minimum Gasteiger partial charge on any atom is -0.351 e. The first kappa shape index (κ1) is 14.0. The van der Waals surface area contributed by atoms with Gasteiger partial charge in [0.1, 0.15) is 0 Å². The van der Waals surface area contributed by atoms with Crippen molar-refractivity contribution in [3.63, 3.8) is 0 Å². The zero-order valence-electron chi connectivity index (χ0n) is 11.9. The third-order valence-corrected chi connectivity index (χ3v) is 3.57. The van der Waals surface area contributed by atoms with E-state index in [2.05, 4.69) is 53.4 Å². The second-order valence-electron chi connectivity index (χ2n) is 5.34. The number of rotatable bonds is 4. The molecule has 1 aromatic carbocycles. The van der Waals surface area contributed by atoms with Crippen LogP contribution in [0.4, 0.5) is 0 Å². The Morgan fingerprint density at radius 2 is 1.79 bits per heavy atom. The molecule has 0 atom stereocenters. The number of aryl methyl sites for hydroxylation is 1. The number of benzene rings is 1. The van der Waals surface area contributed by atoms with E-state index < -0.39 is 0 Å². The summed E-state index contributed by atoms with van der Waals surface area (Å²) in [6.07, 6.45) is 0. The van der Waals surface area contributed by atoms with Crippen molar-refractivity contribution in [2.75, 3.05) is 39.8 Å². The minimum absolute atomic E-state index is 0.116. The summed E-state index contributed by atoms with van der Waals surface area (Å²) in [6.45, 7) is 7.25. The van der Waals surface area contributed by atoms with E-state index in [4.69, 9.17) is 0 Å². The number of likely N-dealkylation sites (N-methyl/N-ethyl adjacent to an activating group) is 1. The van der Waals surface area contributed by atoms with Crippen LogP contribution in [0.25, 0.3) is 0 Å². The normalized spacial score (nSPS) is 17.4. The second-order valence-corrected chi connectivity index (χ2v) is 5.34. The van der Waals surface area contributed by atoms with Crippen LogP contribution in [0.1, 0.15) is 11.1 Å². The van der Waals surface area contributed by atoms with Gasteiger partial charge in [-0.1, -0.05) is 29.8 Å². The highest BCUT2D eigenvalue weighted by atomic mass is 16.2. The van der Waals surface area contributed by atoms with Crippen molar-refractivity contribution in [2.45, 2.75) is 13.5 Å². The third kappa shape index (κ3) is 4.65. The smallest absolute Gasteiger partial charge is 0.234 e. The third-order valence-electron chi connectivity index (χ3n) is 3.57. The zero-order valence-corrected chi connectivity index (χ0v) is 11.9. The fourth-order valence-corrected chi connectivity index (χ4v) is 2.17. The highest BCUT2D eigenvalue weighted by molar-refractivity contribution is 5.78. The quantitative estimate of drug-likeness (QED) is 0.873. The number of hydrogen-bond donors (Lipinski definition) is 1. The van der Waals surface area contributed by atoms with Crippen molar-refractivity contribution in [3.8, 4) is 0 Å². The van der Waals surface area contributed by atoms with Crippen LogP contribution >= 0.6 is 0 Å². The molecule has 0 radical (unpaired) electrons. The molecule has 1 fully saturated rings. The molecule has 1 aromatic rings. The van der Waals surface area contributed by atoms with Gasteiger partial charge in [0, 0.05) is 32.7 Å². The predicted octanol–water partition coefficient (Wildman–Crippen LogP) is 0.859. The number of piperazine rings is 1. The molecule has 0 aliphatic carbocycles. The molecular formula is C15H23N3O. The van der Waals surface area contributed by atoms with Crippen LogP contribution in [0, 0.1) is 6.92 Å². The lowest BCUT2D eigenvalue weighted by molar-refractivity contribution is -0.122. The average Bonchev–Trinajstić information content (AvgIpc) is 2.41. The number of nitrogens with one attached hydrogen (secondary N) is 1. The molecule has 0 unspecified atom stereocenters. The molecule has 1 aliphatic heterocycles. The number of carbonyl (C=O) groups excluding carboxylic acids is 1. The van der Waals surface area contributed by atoms with Crippen LogP contribution in [0.3, 0.4) is 0 Å². The van der Waals surface area contributed by atoms with Crippen LogP contribution in [-0.2, 0) is 11.3 Å². The first-order valence-corrected chi connectivity index (χ1v) is 6.86. The molecule has 19 heavy (non-hydrogen) atoms. The van der Waals surface area contributed by atoms with Crippen LogP contribution in [0.2, 0.25) is 0 Å². The van der Waals surface area contributed by atoms with Crippen molar-refractivity contribution >= 4 is 5.91 Å². The van der Waals surface area contributed by atoms with E-state index in [1.165, 1.54) is 5.56 Å². The first-order valence-electron chi connectivity index (χ1n) is 6.86. The van der Waals surface area contributed by atoms with Gasteiger partial charge >= 0.3 is 0 Å². The Hall–Kier alpha value is -1.39. The molecule has 1 heterocycles. The number of amides is 1. The van der Waals surface area contributed by atoms with Gasteiger partial charge in [0.25, 0.3) is 0 Å². The molecule has 1 saturated heterocycles. The summed E-state index contributed by atoms with van der Waals surface area (Å²) < 4.78 is 0. The van der Waals surface area contributed by atoms with Crippen molar-refractivity contribution < 1.29 is 4.79 Å². The summed E-state index contributed by atoms with van der Waals surface area (Å²) in [6, 6.07) is 8.26. The Labute approximate surface area is 115 Å². The van der Waals surface area contributed by atoms with Crippen molar-refractivity contribution in [2.24, 2.45) is 0 Å². The summed E-state index contributed by atoms with van der Waals surface area (Å²) in [7, 11) is 2.12. The van der Waals surface area contributed by atoms with Gasteiger partial charge in [-0.15, -0.1) is 0 Å². The molecule has 2 rings (SSSR count). The topological polar surface area (TPSA) is 35.6 Å². The van der Waals surface area contributed by atoms with E-state index in [1.54, 1.807) is 0 Å². The fourth-order valence-electron chi connectivity index (χ4n) is 2.17. The zero-order chi connectivity index (χ0) is 13.7. The molecule has 104 valence electrons. The van der Waals surface area contributed by atoms with Crippen LogP contribution in [0.5, 0.6) is 0 Å². The molecule has 0 spiro atoms. The monoisotopic (exact) mass is 261 g/mol. The summed E-state index contributed by atoms with van der Waals surface area (Å²) >= 11 is 0. The summed E-state index contributed by atoms with van der Waals surface area (Å²) in [5.41, 5.74) is 2.39. The van der Waals surface area contributed by atoms with Crippen molar-refractivity contribution in [3.05, 3.63) is 35.4 Å². The Bertz CT molecular complexity index is 408. The van der Waals surface area contributed by atoms with Gasteiger partial charge in [0.15, 0.2) is 0 Å². The SMILES string of the molecule is Cc1ccc(CNC(=O)CN2CCN(C)CC2)cc1. The van der Waals surface area contributed by atoms with Crippen molar-refractivity contribution in [1.82, 2.24) is 15.1 Å². The molecule has 4 heteroatoms. The highest BCUT2D eigenvalue weighted by Gasteiger charge is 2.16. The van der Waals surface area contributed by atoms with E-state index in [9.17, 15) is 4.79 Å². The number of hydrogen-bond acceptors (Lipinski definition) is 3. The van der Waals surface area contributed by atoms with E-state index in [0.717, 1.165) is 31.7 Å². The molecule has 0 bridgehead atoms. The predicted molar refractivity (Wildman–Crippen MR) is 77.0 cm³/mol. The standard InChI is InChI=1S/C15H23N3O/c1-13-3-5-14(6-4-13)11-16-15(19)12-18-9-7-17(2)8-10-18/h3-6H,7-12H2,1-2H3,(H,16,19). The Morgan fingerprint density at radius 3 is 2.42 bits per heavy atom. The molecule has 0 aromatic heterocycles. The van der Waals surface area contributed by atoms with Gasteiger partial charge < -0.3 is 10.2 Å². The maximum atomic E-state index is 11.9. The molecule has 1 N–H and O–H groups in total. The minimum atomic E-state index is 0.116. The van der Waals surface area contributed by atoms with Gasteiger partial charge in [-0.3, -0.25) is 9.69 Å². The Kier molecular flexibility index (Phi) is 4.93. The van der Waals surface area contributed by atoms with Crippen LogP contribution < -0.4 is 5.32 Å². The van der Waals surface area contributed by atoms with E-state index >= 15 is 0 Å². The fraction of sp³-hybridized carbons (Fsp3) is 0.533. The Morgan fingerprint density at radius 1 is 1.16 bits per heavy atom. The summed E-state index contributed by atoms with van der Waals surface area (Å²) in [5, 5.41) is 2.98. The lowest BCUT2D eigenvalue weighted by Gasteiger charge is -2.31. The highest BCUT2D eigenvalue weighted by Crippen LogP contribution is 2.03. The van der Waals surface area contributed by atoms with Gasteiger partial charge in [-0.05, 0) is 19.5 Å². The molecule has 4 nitrogen and oxygen atoms in total. The molecular weight excluding hydrogens is 238 g/mol. The lowest BCUT2D eigenvalue weighted by atomic mass is 10.1. The lowest BCUT2D eigenvalue weighted by Crippen LogP contribution is -2.48. The number of nitrogens with zero attached hydrogens (tertiary/aromatic N) is 2. The molecule has 0 saturated carbocycles. The second kappa shape index (κ2) is 6.68. The van der Waals surface area contributed by atoms with Gasteiger partial charge in [-0.2, -0.15) is 0 Å². The summed E-state index contributed by atoms with van der Waals surface area (Å²) in [4.78, 5) is 16.4. The average molecular weight is 261 g/mol. The van der Waals surface area contributed by atoms with Crippen molar-refractivity contribution in [1.29, 1.82) is 0 Å². The van der Waals surface area contributed by atoms with Gasteiger partial charge in [0.2, 0.25) is 5.91 Å².